The lowest BCUT2D eigenvalue weighted by Crippen LogP contribution is -2.59. The lowest BCUT2D eigenvalue weighted by molar-refractivity contribution is -0.344. The first-order valence-electron chi connectivity index (χ1n) is 5.70. The summed E-state index contributed by atoms with van der Waals surface area (Å²) in [7, 11) is 0. The summed E-state index contributed by atoms with van der Waals surface area (Å²) in [4.78, 5) is 10.8. The first-order valence-corrected chi connectivity index (χ1v) is 5.70. The van der Waals surface area contributed by atoms with Crippen molar-refractivity contribution in [3.8, 4) is 0 Å². The van der Waals surface area contributed by atoms with Crippen LogP contribution < -0.4 is 5.32 Å². The molecule has 0 unspecified atom stereocenters. The summed E-state index contributed by atoms with van der Waals surface area (Å²) in [6.07, 6.45) is -5.03. The monoisotopic (exact) mass is 313 g/mol. The van der Waals surface area contributed by atoms with Crippen molar-refractivity contribution in [2.24, 2.45) is 0 Å². The number of aliphatic hydroxyl groups excluding tert-OH is 1. The third-order valence-electron chi connectivity index (χ3n) is 2.41. The van der Waals surface area contributed by atoms with Crippen LogP contribution in [-0.2, 0) is 4.79 Å². The van der Waals surface area contributed by atoms with Gasteiger partial charge in [0.15, 0.2) is 0 Å². The van der Waals surface area contributed by atoms with Crippen LogP contribution >= 0.6 is 0 Å². The van der Waals surface area contributed by atoms with Gasteiger partial charge in [0.05, 0.1) is 0 Å². The molecule has 10 heteroatoms. The first kappa shape index (κ1) is 18.9. The molecule has 0 saturated heterocycles. The minimum atomic E-state index is -6.52. The lowest BCUT2D eigenvalue weighted by Gasteiger charge is -2.27. The summed E-state index contributed by atoms with van der Waals surface area (Å²) in [6.45, 7) is -0.532. The predicted molar refractivity (Wildman–Crippen MR) is 54.5 cm³/mol. The van der Waals surface area contributed by atoms with Crippen LogP contribution in [0.2, 0.25) is 0 Å². The molecule has 2 N–H and O–H groups in total. The maximum absolute atomic E-state index is 12.8. The minimum absolute atomic E-state index is 0.0811. The Bertz CT molecular complexity index is 317. The van der Waals surface area contributed by atoms with Crippen LogP contribution in [0.4, 0.5) is 30.7 Å². The number of carbonyl (C=O) groups excluding carboxylic acids is 1. The number of nitrogens with one attached hydrogen (secondary N) is 1. The van der Waals surface area contributed by atoms with E-state index in [0.29, 0.717) is 19.3 Å². The summed E-state index contributed by atoms with van der Waals surface area (Å²) >= 11 is 0. The highest BCUT2D eigenvalue weighted by molar-refractivity contribution is 5.84. The third kappa shape index (κ3) is 4.50. The van der Waals surface area contributed by atoms with Gasteiger partial charge in [0, 0.05) is 13.2 Å². The zero-order chi connectivity index (χ0) is 16.0. The van der Waals surface area contributed by atoms with Crippen LogP contribution in [0, 0.1) is 0 Å². The summed E-state index contributed by atoms with van der Waals surface area (Å²) in [5.74, 6) is -15.0. The molecule has 0 aliphatic heterocycles. The topological polar surface area (TPSA) is 49.3 Å². The molecule has 0 atom stereocenters. The Kier molecular flexibility index (Phi) is 6.72. The Balaban J connectivity index is 4.39. The second kappa shape index (κ2) is 7.09. The zero-order valence-electron chi connectivity index (χ0n) is 10.2. The molecule has 3 nitrogen and oxygen atoms in total. The molecule has 20 heavy (non-hydrogen) atoms. The second-order valence-corrected chi connectivity index (χ2v) is 4.04. The van der Waals surface area contributed by atoms with Crippen molar-refractivity contribution >= 4 is 5.91 Å². The van der Waals surface area contributed by atoms with Gasteiger partial charge in [-0.3, -0.25) is 4.79 Å². The maximum Gasteiger partial charge on any atom is 0.460 e. The van der Waals surface area contributed by atoms with Crippen molar-refractivity contribution in [2.75, 3.05) is 13.2 Å². The first-order chi connectivity index (χ1) is 8.98. The highest BCUT2D eigenvalue weighted by atomic mass is 19.4. The standard InChI is InChI=1S/C10H14F7NO2/c11-8(12,9(13,14)10(15,16)17)7(20)18-5-3-1-2-4-6-19/h19H,1-6H2,(H,18,20). The fraction of sp³-hybridized carbons (Fsp3) is 0.900. The van der Waals surface area contributed by atoms with Gasteiger partial charge in [-0.1, -0.05) is 12.8 Å². The summed E-state index contributed by atoms with van der Waals surface area (Å²) in [5.41, 5.74) is 0. The van der Waals surface area contributed by atoms with E-state index in [1.165, 1.54) is 5.32 Å². The number of unbranched alkanes of at least 4 members (excludes halogenated alkanes) is 3. The van der Waals surface area contributed by atoms with Crippen LogP contribution in [0.5, 0.6) is 0 Å². The number of aliphatic hydroxyl groups is 1. The van der Waals surface area contributed by atoms with E-state index >= 15 is 0 Å². The second-order valence-electron chi connectivity index (χ2n) is 4.04. The number of carbonyl (C=O) groups is 1. The van der Waals surface area contributed by atoms with Gasteiger partial charge >= 0.3 is 18.0 Å². The van der Waals surface area contributed by atoms with E-state index in [1.54, 1.807) is 0 Å². The molecule has 0 rings (SSSR count). The zero-order valence-corrected chi connectivity index (χ0v) is 10.2. The Morgan fingerprint density at radius 3 is 1.85 bits per heavy atom. The average Bonchev–Trinajstić information content (AvgIpc) is 2.31. The van der Waals surface area contributed by atoms with Gasteiger partial charge < -0.3 is 10.4 Å². The Hall–Kier alpha value is -1.06. The van der Waals surface area contributed by atoms with Crippen molar-refractivity contribution in [3.05, 3.63) is 0 Å². The van der Waals surface area contributed by atoms with E-state index in [2.05, 4.69) is 0 Å². The molecule has 0 bridgehead atoms. The average molecular weight is 313 g/mol. The Labute approximate surface area is 110 Å². The van der Waals surface area contributed by atoms with E-state index in [9.17, 15) is 35.5 Å². The smallest absolute Gasteiger partial charge is 0.396 e. The molecule has 0 heterocycles. The van der Waals surface area contributed by atoms with Gasteiger partial charge in [0.25, 0.3) is 5.91 Å². The van der Waals surface area contributed by atoms with Crippen LogP contribution in [0.15, 0.2) is 0 Å². The highest BCUT2D eigenvalue weighted by Crippen LogP contribution is 2.46. The molecule has 0 aromatic carbocycles. The van der Waals surface area contributed by atoms with Crippen LogP contribution in [0.1, 0.15) is 25.7 Å². The molecule has 0 aliphatic rings. The molecule has 120 valence electrons. The van der Waals surface area contributed by atoms with E-state index in [1.807, 2.05) is 0 Å². The van der Waals surface area contributed by atoms with E-state index in [4.69, 9.17) is 5.11 Å². The lowest BCUT2D eigenvalue weighted by atomic mass is 10.1. The van der Waals surface area contributed by atoms with Crippen molar-refractivity contribution in [1.29, 1.82) is 0 Å². The molecular weight excluding hydrogens is 299 g/mol. The minimum Gasteiger partial charge on any atom is -0.396 e. The summed E-state index contributed by atoms with van der Waals surface area (Å²) in [5, 5.41) is 9.77. The van der Waals surface area contributed by atoms with Crippen molar-refractivity contribution < 1.29 is 40.6 Å². The van der Waals surface area contributed by atoms with E-state index in [0.717, 1.165) is 0 Å². The van der Waals surface area contributed by atoms with E-state index in [-0.39, 0.29) is 13.0 Å². The molecule has 0 saturated carbocycles. The largest absolute Gasteiger partial charge is 0.460 e. The normalized spacial score (nSPS) is 13.4. The number of alkyl halides is 7. The fourth-order valence-corrected chi connectivity index (χ4v) is 1.22. The SMILES string of the molecule is O=C(NCCCCCCO)C(F)(F)C(F)(F)C(F)(F)F. The number of hydrogen-bond acceptors (Lipinski definition) is 2. The number of halogens is 7. The molecule has 0 aromatic rings. The number of rotatable bonds is 8. The third-order valence-corrected chi connectivity index (χ3v) is 2.41. The van der Waals surface area contributed by atoms with Gasteiger partial charge in [-0.25, -0.2) is 0 Å². The molecule has 0 fully saturated rings. The molecule has 0 radical (unpaired) electrons. The van der Waals surface area contributed by atoms with Crippen molar-refractivity contribution in [3.63, 3.8) is 0 Å². The fourth-order valence-electron chi connectivity index (χ4n) is 1.22. The quantitative estimate of drug-likeness (QED) is 0.534. The van der Waals surface area contributed by atoms with Gasteiger partial charge in [-0.2, -0.15) is 30.7 Å². The molecule has 0 aromatic heterocycles. The van der Waals surface area contributed by atoms with Gasteiger partial charge in [0.2, 0.25) is 0 Å². The van der Waals surface area contributed by atoms with Crippen LogP contribution in [0.25, 0.3) is 0 Å². The number of hydrogen-bond donors (Lipinski definition) is 2. The maximum atomic E-state index is 12.8. The Morgan fingerprint density at radius 1 is 0.900 bits per heavy atom. The highest BCUT2D eigenvalue weighted by Gasteiger charge is 2.76. The van der Waals surface area contributed by atoms with Gasteiger partial charge in [-0.15, -0.1) is 0 Å². The van der Waals surface area contributed by atoms with Crippen molar-refractivity contribution in [2.45, 2.75) is 43.7 Å². The van der Waals surface area contributed by atoms with E-state index < -0.39 is 30.5 Å². The van der Waals surface area contributed by atoms with Gasteiger partial charge in [0.1, 0.15) is 0 Å². The number of amides is 1. The predicted octanol–water partition coefficient (Wildman–Crippen LogP) is 2.49. The Morgan fingerprint density at radius 2 is 1.40 bits per heavy atom. The van der Waals surface area contributed by atoms with Crippen molar-refractivity contribution in [1.82, 2.24) is 5.32 Å². The molecule has 1 amide bonds. The molecule has 0 aliphatic carbocycles. The summed E-state index contributed by atoms with van der Waals surface area (Å²) in [6, 6.07) is 0. The summed E-state index contributed by atoms with van der Waals surface area (Å²) < 4.78 is 85.9. The van der Waals surface area contributed by atoms with Crippen LogP contribution in [0.3, 0.4) is 0 Å². The molecule has 0 spiro atoms. The van der Waals surface area contributed by atoms with Crippen LogP contribution in [-0.4, -0.2) is 42.2 Å². The molecular formula is C10H14F7NO2. The van der Waals surface area contributed by atoms with Gasteiger partial charge in [-0.05, 0) is 12.8 Å².